The second-order valence-electron chi connectivity index (χ2n) is 3.20. The van der Waals surface area contributed by atoms with Crippen LogP contribution in [0.1, 0.15) is 12.5 Å². The molecular formula is C10H10ClNO3. The van der Waals surface area contributed by atoms with Crippen LogP contribution in [0.5, 0.6) is 0 Å². The molecule has 0 aliphatic heterocycles. The van der Waals surface area contributed by atoms with Gasteiger partial charge in [-0.1, -0.05) is 23.7 Å². The second-order valence-corrected chi connectivity index (χ2v) is 3.64. The van der Waals surface area contributed by atoms with Crippen LogP contribution in [0.15, 0.2) is 24.3 Å². The number of carboxylic acids is 1. The molecule has 0 aromatic heterocycles. The standard InChI is InChI=1S/C10H10ClNO3/c1-10(9(14)15,12-6-13)7-3-2-4-8(11)5-7/h2-6H,1H3,(H,12,13)(H,14,15). The van der Waals surface area contributed by atoms with Crippen molar-refractivity contribution in [3.63, 3.8) is 0 Å². The number of carbonyl (C=O) groups is 2. The van der Waals surface area contributed by atoms with E-state index in [1.807, 2.05) is 0 Å². The van der Waals surface area contributed by atoms with E-state index in [0.29, 0.717) is 17.0 Å². The zero-order valence-electron chi connectivity index (χ0n) is 8.03. The third-order valence-corrected chi connectivity index (χ3v) is 2.41. The summed E-state index contributed by atoms with van der Waals surface area (Å²) in [6.45, 7) is 1.40. The summed E-state index contributed by atoms with van der Waals surface area (Å²) in [5, 5.41) is 11.7. The molecule has 0 spiro atoms. The molecule has 1 atom stereocenters. The van der Waals surface area contributed by atoms with Gasteiger partial charge < -0.3 is 10.4 Å². The second kappa shape index (κ2) is 4.31. The fraction of sp³-hybridized carbons (Fsp3) is 0.200. The highest BCUT2D eigenvalue weighted by atomic mass is 35.5. The predicted molar refractivity (Wildman–Crippen MR) is 55.6 cm³/mol. The number of carboxylic acid groups (broad SMARTS) is 1. The number of aliphatic carboxylic acids is 1. The first-order valence-electron chi connectivity index (χ1n) is 4.21. The lowest BCUT2D eigenvalue weighted by Gasteiger charge is -2.24. The van der Waals surface area contributed by atoms with Crippen LogP contribution in [0.2, 0.25) is 5.02 Å². The van der Waals surface area contributed by atoms with Crippen molar-refractivity contribution in [1.29, 1.82) is 0 Å². The van der Waals surface area contributed by atoms with Crippen molar-refractivity contribution >= 4 is 24.0 Å². The minimum Gasteiger partial charge on any atom is -0.479 e. The first kappa shape index (κ1) is 11.5. The number of hydrogen-bond donors (Lipinski definition) is 2. The van der Waals surface area contributed by atoms with Gasteiger partial charge in [-0.2, -0.15) is 0 Å². The van der Waals surface area contributed by atoms with E-state index in [1.165, 1.54) is 13.0 Å². The summed E-state index contributed by atoms with van der Waals surface area (Å²) in [5.74, 6) is -1.14. The molecule has 80 valence electrons. The van der Waals surface area contributed by atoms with Gasteiger partial charge in [0.15, 0.2) is 5.54 Å². The van der Waals surface area contributed by atoms with E-state index in [0.717, 1.165) is 0 Å². The lowest BCUT2D eigenvalue weighted by molar-refractivity contribution is -0.145. The van der Waals surface area contributed by atoms with Crippen LogP contribution >= 0.6 is 11.6 Å². The van der Waals surface area contributed by atoms with Crippen LogP contribution < -0.4 is 5.32 Å². The van der Waals surface area contributed by atoms with E-state index < -0.39 is 11.5 Å². The van der Waals surface area contributed by atoms with Gasteiger partial charge in [-0.05, 0) is 24.6 Å². The fourth-order valence-electron chi connectivity index (χ4n) is 1.19. The van der Waals surface area contributed by atoms with Gasteiger partial charge in [-0.15, -0.1) is 0 Å². The summed E-state index contributed by atoms with van der Waals surface area (Å²) >= 11 is 5.75. The molecule has 15 heavy (non-hydrogen) atoms. The van der Waals surface area contributed by atoms with Gasteiger partial charge in [0.25, 0.3) is 0 Å². The molecule has 0 radical (unpaired) electrons. The number of amides is 1. The van der Waals surface area contributed by atoms with Crippen molar-refractivity contribution in [2.75, 3.05) is 0 Å². The number of halogens is 1. The van der Waals surface area contributed by atoms with Crippen molar-refractivity contribution in [2.45, 2.75) is 12.5 Å². The van der Waals surface area contributed by atoms with Gasteiger partial charge in [0.05, 0.1) is 0 Å². The summed E-state index contributed by atoms with van der Waals surface area (Å²) in [5.41, 5.74) is -1.03. The van der Waals surface area contributed by atoms with E-state index in [9.17, 15) is 9.59 Å². The van der Waals surface area contributed by atoms with E-state index in [1.54, 1.807) is 18.2 Å². The molecule has 1 rings (SSSR count). The minimum absolute atomic E-state index is 0.356. The molecule has 0 bridgehead atoms. The molecule has 0 aliphatic carbocycles. The molecule has 0 heterocycles. The first-order valence-corrected chi connectivity index (χ1v) is 4.59. The topological polar surface area (TPSA) is 66.4 Å². The molecule has 1 amide bonds. The van der Waals surface area contributed by atoms with Gasteiger partial charge in [0, 0.05) is 5.02 Å². The first-order chi connectivity index (χ1) is 7.00. The number of benzene rings is 1. The Morgan fingerprint density at radius 2 is 2.27 bits per heavy atom. The predicted octanol–water partition coefficient (Wildman–Crippen LogP) is 1.39. The minimum atomic E-state index is -1.45. The molecular weight excluding hydrogens is 218 g/mol. The normalized spacial score (nSPS) is 14.0. The van der Waals surface area contributed by atoms with Crippen molar-refractivity contribution in [3.8, 4) is 0 Å². The molecule has 1 unspecified atom stereocenters. The van der Waals surface area contributed by atoms with Crippen LogP contribution in [0.3, 0.4) is 0 Å². The number of carbonyl (C=O) groups excluding carboxylic acids is 1. The molecule has 0 aliphatic rings. The molecule has 1 aromatic rings. The molecule has 0 fully saturated rings. The van der Waals surface area contributed by atoms with Crippen molar-refractivity contribution < 1.29 is 14.7 Å². The Bertz CT molecular complexity index is 394. The number of rotatable bonds is 4. The highest BCUT2D eigenvalue weighted by Crippen LogP contribution is 2.23. The van der Waals surface area contributed by atoms with E-state index in [2.05, 4.69) is 5.32 Å². The third kappa shape index (κ3) is 2.27. The van der Waals surface area contributed by atoms with Crippen molar-refractivity contribution in [2.24, 2.45) is 0 Å². The zero-order chi connectivity index (χ0) is 11.5. The van der Waals surface area contributed by atoms with Crippen molar-refractivity contribution in [3.05, 3.63) is 34.9 Å². The zero-order valence-corrected chi connectivity index (χ0v) is 8.78. The van der Waals surface area contributed by atoms with Gasteiger partial charge in [0.2, 0.25) is 6.41 Å². The molecule has 5 heteroatoms. The van der Waals surface area contributed by atoms with Crippen LogP contribution in [-0.4, -0.2) is 17.5 Å². The highest BCUT2D eigenvalue weighted by molar-refractivity contribution is 6.30. The Labute approximate surface area is 91.9 Å². The monoisotopic (exact) mass is 227 g/mol. The van der Waals surface area contributed by atoms with Crippen LogP contribution in [-0.2, 0) is 15.1 Å². The maximum atomic E-state index is 11.1. The van der Waals surface area contributed by atoms with Gasteiger partial charge in [0.1, 0.15) is 0 Å². The van der Waals surface area contributed by atoms with E-state index in [4.69, 9.17) is 16.7 Å². The lowest BCUT2D eigenvalue weighted by Crippen LogP contribution is -2.45. The molecule has 0 saturated carbocycles. The van der Waals surface area contributed by atoms with E-state index in [-0.39, 0.29) is 0 Å². The summed E-state index contributed by atoms with van der Waals surface area (Å²) in [4.78, 5) is 21.4. The van der Waals surface area contributed by atoms with Gasteiger partial charge in [-0.25, -0.2) is 4.79 Å². The van der Waals surface area contributed by atoms with Crippen LogP contribution in [0, 0.1) is 0 Å². The summed E-state index contributed by atoms with van der Waals surface area (Å²) in [7, 11) is 0. The van der Waals surface area contributed by atoms with E-state index >= 15 is 0 Å². The quantitative estimate of drug-likeness (QED) is 0.764. The summed E-state index contributed by atoms with van der Waals surface area (Å²) < 4.78 is 0. The largest absolute Gasteiger partial charge is 0.479 e. The molecule has 4 nitrogen and oxygen atoms in total. The Balaban J connectivity index is 3.20. The average molecular weight is 228 g/mol. The smallest absolute Gasteiger partial charge is 0.333 e. The highest BCUT2D eigenvalue weighted by Gasteiger charge is 2.34. The van der Waals surface area contributed by atoms with Gasteiger partial charge in [-0.3, -0.25) is 4.79 Å². The molecule has 2 N–H and O–H groups in total. The number of hydrogen-bond acceptors (Lipinski definition) is 2. The Morgan fingerprint density at radius 3 is 2.73 bits per heavy atom. The summed E-state index contributed by atoms with van der Waals surface area (Å²) in [6, 6.07) is 6.36. The van der Waals surface area contributed by atoms with Crippen LogP contribution in [0.4, 0.5) is 0 Å². The van der Waals surface area contributed by atoms with Gasteiger partial charge >= 0.3 is 5.97 Å². The maximum Gasteiger partial charge on any atom is 0.333 e. The van der Waals surface area contributed by atoms with Crippen LogP contribution in [0.25, 0.3) is 0 Å². The number of nitrogens with one attached hydrogen (secondary N) is 1. The lowest BCUT2D eigenvalue weighted by atomic mass is 9.92. The maximum absolute atomic E-state index is 11.1. The Morgan fingerprint density at radius 1 is 1.60 bits per heavy atom. The fourth-order valence-corrected chi connectivity index (χ4v) is 1.38. The molecule has 1 aromatic carbocycles. The third-order valence-electron chi connectivity index (χ3n) is 2.18. The molecule has 0 saturated heterocycles. The van der Waals surface area contributed by atoms with Crippen molar-refractivity contribution in [1.82, 2.24) is 5.32 Å². The summed E-state index contributed by atoms with van der Waals surface area (Å²) in [6.07, 6.45) is 0.356. The Hall–Kier alpha value is -1.55. The Kier molecular flexibility index (Phi) is 3.31. The SMILES string of the molecule is CC(NC=O)(C(=O)O)c1cccc(Cl)c1. The average Bonchev–Trinajstić information content (AvgIpc) is 2.17.